The zero-order chi connectivity index (χ0) is 28.5. The number of fused-ring (bicyclic) bond motifs is 3. The Hall–Kier alpha value is -4.17. The summed E-state index contributed by atoms with van der Waals surface area (Å²) in [6.45, 7) is 3.18. The van der Waals surface area contributed by atoms with Crippen molar-refractivity contribution in [2.45, 2.75) is 38.3 Å². The summed E-state index contributed by atoms with van der Waals surface area (Å²) >= 11 is 0. The van der Waals surface area contributed by atoms with E-state index in [1.165, 1.54) is 0 Å². The summed E-state index contributed by atoms with van der Waals surface area (Å²) in [5, 5.41) is 14.6. The number of ether oxygens (including phenoxy) is 1. The molecule has 0 saturated carbocycles. The molecule has 8 nitrogen and oxygen atoms in total. The maximum absolute atomic E-state index is 13.1. The van der Waals surface area contributed by atoms with Gasteiger partial charge in [-0.1, -0.05) is 85.8 Å². The zero-order valence-corrected chi connectivity index (χ0v) is 23.0. The molecule has 0 spiro atoms. The Balaban J connectivity index is 1.38. The molecule has 3 N–H and O–H groups in total. The molecule has 3 aromatic rings. The number of alkyl carbamates (subject to hydrolysis) is 1. The SMILES string of the molecule is CC(CCNC(=O)C(CN(C)Cc1ccccc1)NC(=O)OCC1c2ccccc2-c2ccccc21)CC(=O)O. The average Bonchev–Trinajstić information content (AvgIpc) is 3.25. The molecule has 0 bridgehead atoms. The predicted molar refractivity (Wildman–Crippen MR) is 154 cm³/mol. The van der Waals surface area contributed by atoms with Crippen molar-refractivity contribution in [2.75, 3.05) is 26.7 Å². The Morgan fingerprint density at radius 2 is 1.52 bits per heavy atom. The monoisotopic (exact) mass is 543 g/mol. The van der Waals surface area contributed by atoms with E-state index in [1.54, 1.807) is 0 Å². The van der Waals surface area contributed by atoms with Crippen LogP contribution in [0.2, 0.25) is 0 Å². The average molecular weight is 544 g/mol. The highest BCUT2D eigenvalue weighted by Crippen LogP contribution is 2.44. The number of likely N-dealkylation sites (N-methyl/N-ethyl adjacent to an activating group) is 1. The second-order valence-electron chi connectivity index (χ2n) is 10.5. The van der Waals surface area contributed by atoms with Gasteiger partial charge in [-0.15, -0.1) is 0 Å². The smallest absolute Gasteiger partial charge is 0.407 e. The molecule has 210 valence electrons. The van der Waals surface area contributed by atoms with Crippen molar-refractivity contribution in [3.8, 4) is 11.1 Å². The molecule has 0 aromatic heterocycles. The van der Waals surface area contributed by atoms with Gasteiger partial charge in [0.25, 0.3) is 0 Å². The topological polar surface area (TPSA) is 108 Å². The van der Waals surface area contributed by atoms with Crippen LogP contribution in [0.5, 0.6) is 0 Å². The van der Waals surface area contributed by atoms with Gasteiger partial charge < -0.3 is 20.5 Å². The van der Waals surface area contributed by atoms with Crippen molar-refractivity contribution in [2.24, 2.45) is 5.92 Å². The first-order chi connectivity index (χ1) is 19.3. The van der Waals surface area contributed by atoms with Crippen molar-refractivity contribution in [1.29, 1.82) is 0 Å². The standard InChI is InChI=1S/C32H37N3O5/c1-22(18-30(36)37)16-17-33-31(38)29(20-35(2)19-23-10-4-3-5-11-23)34-32(39)40-21-28-26-14-8-6-12-24(26)25-13-7-9-15-27(25)28/h3-15,22,28-29H,16-21H2,1-2H3,(H,33,38)(H,34,39)(H,36,37). The van der Waals surface area contributed by atoms with Crippen molar-refractivity contribution in [1.82, 2.24) is 15.5 Å². The third-order valence-electron chi connectivity index (χ3n) is 7.20. The third kappa shape index (κ3) is 7.70. The number of hydrogen-bond donors (Lipinski definition) is 3. The Kier molecular flexibility index (Phi) is 9.91. The van der Waals surface area contributed by atoms with E-state index >= 15 is 0 Å². The number of rotatable bonds is 13. The van der Waals surface area contributed by atoms with Crippen molar-refractivity contribution in [3.63, 3.8) is 0 Å². The summed E-state index contributed by atoms with van der Waals surface area (Å²) in [5.41, 5.74) is 5.61. The van der Waals surface area contributed by atoms with Crippen LogP contribution in [-0.4, -0.2) is 60.8 Å². The van der Waals surface area contributed by atoms with Gasteiger partial charge in [0, 0.05) is 32.0 Å². The van der Waals surface area contributed by atoms with E-state index < -0.39 is 18.1 Å². The van der Waals surface area contributed by atoms with Gasteiger partial charge in [0.05, 0.1) is 0 Å². The van der Waals surface area contributed by atoms with Crippen LogP contribution >= 0.6 is 0 Å². The van der Waals surface area contributed by atoms with Gasteiger partial charge in [-0.2, -0.15) is 0 Å². The number of hydrogen-bond acceptors (Lipinski definition) is 5. The first kappa shape index (κ1) is 28.8. The minimum absolute atomic E-state index is 0.0388. The first-order valence-corrected chi connectivity index (χ1v) is 13.6. The molecule has 1 aliphatic rings. The molecular weight excluding hydrogens is 506 g/mol. The van der Waals surface area contributed by atoms with E-state index in [9.17, 15) is 14.4 Å². The van der Waals surface area contributed by atoms with Gasteiger partial charge in [0.1, 0.15) is 12.6 Å². The minimum atomic E-state index is -0.865. The number of carbonyl (C=O) groups excluding carboxylic acids is 2. The van der Waals surface area contributed by atoms with Crippen LogP contribution in [0.3, 0.4) is 0 Å². The van der Waals surface area contributed by atoms with E-state index in [0.29, 0.717) is 19.5 Å². The van der Waals surface area contributed by atoms with E-state index in [-0.39, 0.29) is 37.3 Å². The lowest BCUT2D eigenvalue weighted by atomic mass is 9.98. The van der Waals surface area contributed by atoms with Crippen LogP contribution in [0.25, 0.3) is 11.1 Å². The highest BCUT2D eigenvalue weighted by Gasteiger charge is 2.30. The highest BCUT2D eigenvalue weighted by molar-refractivity contribution is 5.86. The fourth-order valence-corrected chi connectivity index (χ4v) is 5.21. The largest absolute Gasteiger partial charge is 0.481 e. The number of amides is 2. The lowest BCUT2D eigenvalue weighted by Gasteiger charge is -2.25. The fraction of sp³-hybridized carbons (Fsp3) is 0.344. The Morgan fingerprint density at radius 3 is 2.15 bits per heavy atom. The molecule has 2 amide bonds. The third-order valence-corrected chi connectivity index (χ3v) is 7.20. The van der Waals surface area contributed by atoms with Crippen molar-refractivity contribution >= 4 is 18.0 Å². The summed E-state index contributed by atoms with van der Waals surface area (Å²) in [4.78, 5) is 39.0. The van der Waals surface area contributed by atoms with Gasteiger partial charge in [-0.05, 0) is 47.2 Å². The summed E-state index contributed by atoms with van der Waals surface area (Å²) in [7, 11) is 1.89. The zero-order valence-electron chi connectivity index (χ0n) is 23.0. The number of carboxylic acid groups (broad SMARTS) is 1. The number of benzene rings is 3. The van der Waals surface area contributed by atoms with Crippen molar-refractivity contribution in [3.05, 3.63) is 95.6 Å². The molecule has 0 aliphatic heterocycles. The Morgan fingerprint density at radius 1 is 0.925 bits per heavy atom. The summed E-state index contributed by atoms with van der Waals surface area (Å²) < 4.78 is 5.69. The lowest BCUT2D eigenvalue weighted by Crippen LogP contribution is -2.52. The first-order valence-electron chi connectivity index (χ1n) is 13.6. The summed E-state index contributed by atoms with van der Waals surface area (Å²) in [5.74, 6) is -1.36. The van der Waals surface area contributed by atoms with Crippen molar-refractivity contribution < 1.29 is 24.2 Å². The molecule has 40 heavy (non-hydrogen) atoms. The Labute approximate surface area is 235 Å². The van der Waals surface area contributed by atoms with E-state index in [2.05, 4.69) is 34.9 Å². The minimum Gasteiger partial charge on any atom is -0.481 e. The van der Waals surface area contributed by atoms with E-state index in [1.807, 2.05) is 73.5 Å². The molecule has 0 saturated heterocycles. The number of carboxylic acids is 1. The fourth-order valence-electron chi connectivity index (χ4n) is 5.21. The molecule has 4 rings (SSSR count). The van der Waals surface area contributed by atoms with Crippen LogP contribution in [0.4, 0.5) is 4.79 Å². The second kappa shape index (κ2) is 13.8. The maximum Gasteiger partial charge on any atom is 0.407 e. The van der Waals surface area contributed by atoms with E-state index in [0.717, 1.165) is 27.8 Å². The Bertz CT molecular complexity index is 1270. The van der Waals surface area contributed by atoms with Gasteiger partial charge in [-0.3, -0.25) is 14.5 Å². The quantitative estimate of drug-likeness (QED) is 0.290. The van der Waals surface area contributed by atoms with Gasteiger partial charge >= 0.3 is 12.1 Å². The molecule has 2 unspecified atom stereocenters. The normalized spacial score (nSPS) is 13.7. The van der Waals surface area contributed by atoms with Crippen LogP contribution in [0.1, 0.15) is 42.4 Å². The molecule has 1 aliphatic carbocycles. The van der Waals surface area contributed by atoms with Gasteiger partial charge in [0.2, 0.25) is 5.91 Å². The van der Waals surface area contributed by atoms with Crippen LogP contribution in [-0.2, 0) is 20.9 Å². The lowest BCUT2D eigenvalue weighted by molar-refractivity contribution is -0.138. The molecule has 2 atom stereocenters. The molecule has 8 heteroatoms. The van der Waals surface area contributed by atoms with Crippen LogP contribution < -0.4 is 10.6 Å². The van der Waals surface area contributed by atoms with Crippen LogP contribution in [0.15, 0.2) is 78.9 Å². The molecular formula is C32H37N3O5. The number of nitrogens with zero attached hydrogens (tertiary/aromatic N) is 1. The highest BCUT2D eigenvalue weighted by atomic mass is 16.5. The molecule has 0 radical (unpaired) electrons. The molecule has 0 fully saturated rings. The maximum atomic E-state index is 13.1. The number of nitrogens with one attached hydrogen (secondary N) is 2. The molecule has 0 heterocycles. The van der Waals surface area contributed by atoms with Crippen LogP contribution in [0, 0.1) is 5.92 Å². The second-order valence-corrected chi connectivity index (χ2v) is 10.5. The van der Waals surface area contributed by atoms with Gasteiger partial charge in [0.15, 0.2) is 0 Å². The van der Waals surface area contributed by atoms with E-state index in [4.69, 9.17) is 9.84 Å². The summed E-state index contributed by atoms with van der Waals surface area (Å²) in [6, 6.07) is 25.3. The molecule has 3 aromatic carbocycles. The predicted octanol–water partition coefficient (Wildman–Crippen LogP) is 4.64. The number of carbonyl (C=O) groups is 3. The number of aliphatic carboxylic acids is 1. The summed E-state index contributed by atoms with van der Waals surface area (Å²) in [6.07, 6.45) is -0.0958. The van der Waals surface area contributed by atoms with Gasteiger partial charge in [-0.25, -0.2) is 4.79 Å².